The predicted octanol–water partition coefficient (Wildman–Crippen LogP) is 8.81. The van der Waals surface area contributed by atoms with E-state index in [2.05, 4.69) is 4.85 Å². The second-order valence-electron chi connectivity index (χ2n) is 10.2. The second kappa shape index (κ2) is 8.64. The maximum atomic E-state index is 8.75. The molecule has 5 aromatic rings. The van der Waals surface area contributed by atoms with Crippen LogP contribution in [-0.2, 0) is 13.4 Å². The van der Waals surface area contributed by atoms with Gasteiger partial charge in [-0.25, -0.2) is 9.41 Å². The zero-order valence-electron chi connectivity index (χ0n) is 29.1. The average Bonchev–Trinajstić information content (AvgIpc) is 3.30. The summed E-state index contributed by atoms with van der Waals surface area (Å²) in [6.07, 6.45) is -0.361. The van der Waals surface area contributed by atoms with Crippen LogP contribution in [0.15, 0.2) is 65.2 Å². The van der Waals surface area contributed by atoms with Crippen molar-refractivity contribution in [2.45, 2.75) is 47.8 Å². The molecule has 0 aliphatic rings. The Hall–Kier alpha value is -3.90. The summed E-state index contributed by atoms with van der Waals surface area (Å²) in [6.45, 7) is 9.56. The summed E-state index contributed by atoms with van der Waals surface area (Å²) in [5.74, 6) is 0. The quantitative estimate of drug-likeness (QED) is 0.186. The summed E-state index contributed by atoms with van der Waals surface area (Å²) in [5.41, 5.74) is 3.27. The van der Waals surface area contributed by atoms with E-state index in [1.54, 1.807) is 62.7 Å². The lowest BCUT2D eigenvalue weighted by Crippen LogP contribution is -2.31. The van der Waals surface area contributed by atoms with E-state index in [0.717, 1.165) is 10.9 Å². The molecule has 3 nitrogen and oxygen atoms in total. The number of furan rings is 1. The Balaban J connectivity index is 1.87. The molecular formula is C33H33N2O+. The monoisotopic (exact) mass is 481 g/mol. The Morgan fingerprint density at radius 2 is 1.81 bits per heavy atom. The molecule has 3 aromatic carbocycles. The van der Waals surface area contributed by atoms with Crippen molar-refractivity contribution in [3.8, 4) is 22.4 Å². The predicted molar refractivity (Wildman–Crippen MR) is 149 cm³/mol. The van der Waals surface area contributed by atoms with Crippen LogP contribution in [-0.4, -0.2) is 0 Å². The van der Waals surface area contributed by atoms with E-state index in [4.69, 9.17) is 22.0 Å². The third-order valence-corrected chi connectivity index (χ3v) is 6.33. The highest BCUT2D eigenvalue weighted by Gasteiger charge is 2.24. The number of aryl methyl sites for hydroxylation is 4. The minimum atomic E-state index is -2.66. The number of rotatable bonds is 3. The summed E-state index contributed by atoms with van der Waals surface area (Å²) >= 11 is 0. The largest absolute Gasteiger partial charge is 0.457 e. The van der Waals surface area contributed by atoms with E-state index < -0.39 is 25.5 Å². The molecule has 0 atom stereocenters. The Bertz CT molecular complexity index is 1990. The molecule has 0 saturated heterocycles. The van der Waals surface area contributed by atoms with Crippen LogP contribution in [0.3, 0.4) is 0 Å². The normalized spacial score (nSPS) is 16.2. The average molecular weight is 482 g/mol. The summed E-state index contributed by atoms with van der Waals surface area (Å²) in [7, 11) is 1.73. The van der Waals surface area contributed by atoms with Crippen molar-refractivity contribution in [2.24, 2.45) is 12.5 Å². The van der Waals surface area contributed by atoms with Gasteiger partial charge < -0.3 is 4.42 Å². The van der Waals surface area contributed by atoms with Gasteiger partial charge in [0.15, 0.2) is 11.9 Å². The van der Waals surface area contributed by atoms with Crippen molar-refractivity contribution in [3.05, 3.63) is 94.5 Å². The Kier molecular flexibility index (Phi) is 3.83. The van der Waals surface area contributed by atoms with Gasteiger partial charge in [0, 0.05) is 33.4 Å². The molecule has 0 amide bonds. The van der Waals surface area contributed by atoms with Gasteiger partial charge in [-0.15, -0.1) is 0 Å². The molecule has 0 unspecified atom stereocenters. The van der Waals surface area contributed by atoms with Crippen LogP contribution in [0, 0.1) is 32.6 Å². The van der Waals surface area contributed by atoms with Crippen molar-refractivity contribution < 1.29 is 20.0 Å². The van der Waals surface area contributed by atoms with Crippen molar-refractivity contribution in [1.29, 1.82) is 0 Å². The van der Waals surface area contributed by atoms with E-state index >= 15 is 0 Å². The summed E-state index contributed by atoms with van der Waals surface area (Å²) < 4.78 is 75.7. The maximum absolute atomic E-state index is 8.75. The van der Waals surface area contributed by atoms with Crippen LogP contribution in [0.5, 0.6) is 0 Å². The molecule has 0 aliphatic heterocycles. The van der Waals surface area contributed by atoms with Gasteiger partial charge in [0.1, 0.15) is 18.2 Å². The van der Waals surface area contributed by atoms with Gasteiger partial charge >= 0.3 is 0 Å². The molecule has 180 valence electrons. The standard InChI is InChI=1S/C33H33N2O/c1-20-12-14-25-31-27(34-7)10-9-11-29(31)36-32(25)30(20)28-17-26(22(3)19-35(28)8)24-15-13-23(16-21(24)2)18-33(4,5)6/h9-17,19H,18H2,1-6,8H3/q+1/i2D3,3D3,18D2. The first-order chi connectivity index (χ1) is 20.3. The molecule has 0 aliphatic carbocycles. The molecule has 36 heavy (non-hydrogen) atoms. The molecule has 5 rings (SSSR count). The Labute approximate surface area is 225 Å². The van der Waals surface area contributed by atoms with Gasteiger partial charge in [-0.3, -0.25) is 0 Å². The molecule has 0 bridgehead atoms. The van der Waals surface area contributed by atoms with E-state index in [1.165, 1.54) is 18.3 Å². The van der Waals surface area contributed by atoms with Gasteiger partial charge in [0.2, 0.25) is 5.69 Å². The van der Waals surface area contributed by atoms with E-state index in [9.17, 15) is 0 Å². The first-order valence-corrected chi connectivity index (χ1v) is 11.8. The van der Waals surface area contributed by atoms with E-state index in [-0.39, 0.29) is 27.8 Å². The summed E-state index contributed by atoms with van der Waals surface area (Å²) in [6, 6.07) is 15.2. The number of fused-ring (bicyclic) bond motifs is 3. The number of nitrogens with zero attached hydrogens (tertiary/aromatic N) is 2. The van der Waals surface area contributed by atoms with Crippen LogP contribution in [0.25, 0.3) is 49.2 Å². The van der Waals surface area contributed by atoms with Crippen LogP contribution < -0.4 is 4.57 Å². The summed E-state index contributed by atoms with van der Waals surface area (Å²) in [5, 5.41) is 1.43. The summed E-state index contributed by atoms with van der Waals surface area (Å²) in [4.78, 5) is 3.67. The molecule has 2 heterocycles. The molecule has 2 aromatic heterocycles. The highest BCUT2D eigenvalue weighted by molar-refractivity contribution is 6.15. The van der Waals surface area contributed by atoms with Crippen molar-refractivity contribution >= 4 is 27.6 Å². The van der Waals surface area contributed by atoms with Gasteiger partial charge in [-0.2, -0.15) is 0 Å². The Morgan fingerprint density at radius 1 is 1.00 bits per heavy atom. The first kappa shape index (κ1) is 16.0. The van der Waals surface area contributed by atoms with Crippen molar-refractivity contribution in [2.75, 3.05) is 0 Å². The van der Waals surface area contributed by atoms with Gasteiger partial charge in [-0.05, 0) is 66.3 Å². The molecule has 0 fully saturated rings. The highest BCUT2D eigenvalue weighted by atomic mass is 16.3. The van der Waals surface area contributed by atoms with Gasteiger partial charge in [-0.1, -0.05) is 63.2 Å². The SMILES string of the molecule is [2H]C([2H])([2H])c1cc(C([2H])([2H])C(C)(C)C)ccc1-c1cc(-c2c(C)ccc3c2oc2cccc([N+]#[C-])c23)[n+](C)cc1C([2H])([2H])[2H]. The lowest BCUT2D eigenvalue weighted by Gasteiger charge is -2.19. The number of pyridine rings is 1. The van der Waals surface area contributed by atoms with Crippen LogP contribution in [0.2, 0.25) is 0 Å². The Morgan fingerprint density at radius 3 is 2.53 bits per heavy atom. The van der Waals surface area contributed by atoms with Crippen LogP contribution in [0.1, 0.15) is 54.0 Å². The zero-order valence-corrected chi connectivity index (χ0v) is 21.1. The number of benzene rings is 3. The molecule has 0 N–H and O–H groups in total. The number of aromatic nitrogens is 1. The van der Waals surface area contributed by atoms with Crippen LogP contribution in [0.4, 0.5) is 5.69 Å². The number of hydrogen-bond acceptors (Lipinski definition) is 1. The molecule has 0 radical (unpaired) electrons. The fourth-order valence-electron chi connectivity index (χ4n) is 4.79. The van der Waals surface area contributed by atoms with E-state index in [0.29, 0.717) is 33.5 Å². The van der Waals surface area contributed by atoms with Gasteiger partial charge in [0.25, 0.3) is 0 Å². The molecular weight excluding hydrogens is 440 g/mol. The topological polar surface area (TPSA) is 21.4 Å². The highest BCUT2D eigenvalue weighted by Crippen LogP contribution is 2.41. The van der Waals surface area contributed by atoms with Crippen molar-refractivity contribution in [3.63, 3.8) is 0 Å². The third kappa shape index (κ3) is 4.07. The fraction of sp³-hybridized carbons (Fsp3) is 0.273. The van der Waals surface area contributed by atoms with Crippen molar-refractivity contribution in [1.82, 2.24) is 0 Å². The zero-order chi connectivity index (χ0) is 32.6. The van der Waals surface area contributed by atoms with Gasteiger partial charge in [0.05, 0.1) is 12.1 Å². The molecule has 0 spiro atoms. The lowest BCUT2D eigenvalue weighted by molar-refractivity contribution is -0.660. The van der Waals surface area contributed by atoms with Crippen LogP contribution >= 0.6 is 0 Å². The van der Waals surface area contributed by atoms with E-state index in [1.807, 2.05) is 19.1 Å². The minimum absolute atomic E-state index is 0.0365. The maximum Gasteiger partial charge on any atom is 0.216 e. The number of hydrogen-bond donors (Lipinski definition) is 0. The molecule has 0 saturated carbocycles. The third-order valence-electron chi connectivity index (χ3n) is 6.33. The second-order valence-corrected chi connectivity index (χ2v) is 10.2. The minimum Gasteiger partial charge on any atom is -0.457 e. The molecule has 3 heteroatoms. The lowest BCUT2D eigenvalue weighted by atomic mass is 9.86. The first-order valence-electron chi connectivity index (χ1n) is 15.8. The smallest absolute Gasteiger partial charge is 0.216 e. The fourth-order valence-corrected chi connectivity index (χ4v) is 4.79.